The Balaban J connectivity index is 1.84. The van der Waals surface area contributed by atoms with Crippen molar-refractivity contribution in [2.75, 3.05) is 12.4 Å². The summed E-state index contributed by atoms with van der Waals surface area (Å²) in [6.45, 7) is 0. The van der Waals surface area contributed by atoms with Crippen LogP contribution in [-0.2, 0) is 10.0 Å². The van der Waals surface area contributed by atoms with Gasteiger partial charge in [0.1, 0.15) is 5.01 Å². The fraction of sp³-hybridized carbons (Fsp3) is 0.308. The van der Waals surface area contributed by atoms with Crippen LogP contribution in [0.15, 0.2) is 23.1 Å². The molecular formula is C13H13ClN4O3S2. The lowest BCUT2D eigenvalue weighted by atomic mass is 10.2. The zero-order chi connectivity index (χ0) is 16.6. The van der Waals surface area contributed by atoms with Gasteiger partial charge in [0.25, 0.3) is 5.91 Å². The van der Waals surface area contributed by atoms with Gasteiger partial charge in [-0.25, -0.2) is 13.1 Å². The fourth-order valence-corrected chi connectivity index (χ4v) is 3.77. The van der Waals surface area contributed by atoms with Crippen molar-refractivity contribution in [1.29, 1.82) is 0 Å². The number of amides is 1. The molecule has 10 heteroatoms. The molecule has 0 aliphatic heterocycles. The maximum atomic E-state index is 12.3. The van der Waals surface area contributed by atoms with E-state index in [-0.39, 0.29) is 15.5 Å². The first-order chi connectivity index (χ1) is 10.9. The molecule has 7 nitrogen and oxygen atoms in total. The van der Waals surface area contributed by atoms with E-state index in [2.05, 4.69) is 20.2 Å². The number of benzene rings is 1. The predicted octanol–water partition coefficient (Wildman–Crippen LogP) is 2.23. The number of anilines is 1. The Bertz CT molecular complexity index is 862. The summed E-state index contributed by atoms with van der Waals surface area (Å²) in [7, 11) is -2.36. The van der Waals surface area contributed by atoms with Gasteiger partial charge in [-0.2, -0.15) is 0 Å². The summed E-state index contributed by atoms with van der Waals surface area (Å²) < 4.78 is 25.8. The molecule has 0 radical (unpaired) electrons. The molecule has 23 heavy (non-hydrogen) atoms. The second kappa shape index (κ2) is 6.16. The number of hydrogen-bond acceptors (Lipinski definition) is 6. The van der Waals surface area contributed by atoms with Gasteiger partial charge in [0.2, 0.25) is 15.2 Å². The van der Waals surface area contributed by atoms with E-state index in [0.717, 1.165) is 17.8 Å². The molecule has 3 rings (SSSR count). The van der Waals surface area contributed by atoms with E-state index in [1.807, 2.05) is 0 Å². The SMILES string of the molecule is CNS(=O)(=O)c1ccc(Cl)c(C(=O)Nc2nnc(C3CC3)s2)c1. The molecule has 1 aliphatic carbocycles. The van der Waals surface area contributed by atoms with Gasteiger partial charge in [-0.3, -0.25) is 10.1 Å². The minimum Gasteiger partial charge on any atom is -0.296 e. The summed E-state index contributed by atoms with van der Waals surface area (Å²) in [5.74, 6) is -0.0764. The van der Waals surface area contributed by atoms with Gasteiger partial charge in [-0.15, -0.1) is 10.2 Å². The van der Waals surface area contributed by atoms with Crippen LogP contribution in [0, 0.1) is 0 Å². The lowest BCUT2D eigenvalue weighted by Crippen LogP contribution is -2.20. The molecule has 1 fully saturated rings. The number of aromatic nitrogens is 2. The minimum atomic E-state index is -3.66. The van der Waals surface area contributed by atoms with Gasteiger partial charge in [-0.1, -0.05) is 22.9 Å². The lowest BCUT2D eigenvalue weighted by molar-refractivity contribution is 0.102. The average Bonchev–Trinajstić information content (AvgIpc) is 3.27. The minimum absolute atomic E-state index is 0.0366. The maximum Gasteiger partial charge on any atom is 0.259 e. The Morgan fingerprint density at radius 2 is 2.09 bits per heavy atom. The number of sulfonamides is 1. The third-order valence-electron chi connectivity index (χ3n) is 3.35. The Morgan fingerprint density at radius 1 is 1.35 bits per heavy atom. The molecule has 0 bridgehead atoms. The third-order valence-corrected chi connectivity index (χ3v) is 6.09. The molecule has 1 aromatic carbocycles. The van der Waals surface area contributed by atoms with Crippen LogP contribution < -0.4 is 10.0 Å². The maximum absolute atomic E-state index is 12.3. The molecule has 1 amide bonds. The van der Waals surface area contributed by atoms with Crippen LogP contribution in [0.2, 0.25) is 5.02 Å². The zero-order valence-corrected chi connectivity index (χ0v) is 14.4. The molecule has 2 aromatic rings. The molecule has 0 unspecified atom stereocenters. The molecule has 1 heterocycles. The van der Waals surface area contributed by atoms with Crippen molar-refractivity contribution < 1.29 is 13.2 Å². The smallest absolute Gasteiger partial charge is 0.259 e. The second-order valence-electron chi connectivity index (χ2n) is 5.02. The van der Waals surface area contributed by atoms with Crippen LogP contribution in [0.4, 0.5) is 5.13 Å². The fourth-order valence-electron chi connectivity index (χ4n) is 1.91. The number of carbonyl (C=O) groups excluding carboxylic acids is 1. The van der Waals surface area contributed by atoms with Crippen molar-refractivity contribution in [2.45, 2.75) is 23.7 Å². The quantitative estimate of drug-likeness (QED) is 0.838. The summed E-state index contributed by atoms with van der Waals surface area (Å²) in [6, 6.07) is 3.93. The van der Waals surface area contributed by atoms with Crippen molar-refractivity contribution >= 4 is 44.0 Å². The van der Waals surface area contributed by atoms with Crippen LogP contribution in [-0.4, -0.2) is 31.6 Å². The number of carbonyl (C=O) groups is 1. The molecule has 2 N–H and O–H groups in total. The largest absolute Gasteiger partial charge is 0.296 e. The second-order valence-corrected chi connectivity index (χ2v) is 8.33. The van der Waals surface area contributed by atoms with Crippen LogP contribution >= 0.6 is 22.9 Å². The Hall–Kier alpha value is -1.55. The number of nitrogens with one attached hydrogen (secondary N) is 2. The van der Waals surface area contributed by atoms with Gasteiger partial charge in [0.05, 0.1) is 15.5 Å². The highest BCUT2D eigenvalue weighted by atomic mass is 35.5. The van der Waals surface area contributed by atoms with Crippen LogP contribution in [0.25, 0.3) is 0 Å². The van der Waals surface area contributed by atoms with Crippen LogP contribution in [0.3, 0.4) is 0 Å². The Kier molecular flexibility index (Phi) is 4.37. The lowest BCUT2D eigenvalue weighted by Gasteiger charge is -2.07. The number of nitrogens with zero attached hydrogens (tertiary/aromatic N) is 2. The summed E-state index contributed by atoms with van der Waals surface area (Å²) in [5.41, 5.74) is 0.0613. The highest BCUT2D eigenvalue weighted by Gasteiger charge is 2.28. The molecule has 0 saturated heterocycles. The summed E-state index contributed by atoms with van der Waals surface area (Å²) in [5, 5.41) is 12.0. The molecule has 1 saturated carbocycles. The van der Waals surface area contributed by atoms with Crippen LogP contribution in [0.1, 0.15) is 34.1 Å². The first-order valence-corrected chi connectivity index (χ1v) is 9.46. The highest BCUT2D eigenvalue weighted by molar-refractivity contribution is 7.89. The van der Waals surface area contributed by atoms with Crippen LogP contribution in [0.5, 0.6) is 0 Å². The van der Waals surface area contributed by atoms with Gasteiger partial charge in [0, 0.05) is 5.92 Å². The molecule has 1 aliphatic rings. The van der Waals surface area contributed by atoms with Crippen molar-refractivity contribution in [2.24, 2.45) is 0 Å². The van der Waals surface area contributed by atoms with Gasteiger partial charge in [0.15, 0.2) is 0 Å². The molecule has 0 atom stereocenters. The summed E-state index contributed by atoms with van der Waals surface area (Å²) in [4.78, 5) is 12.3. The van der Waals surface area contributed by atoms with Crippen molar-refractivity contribution in [3.8, 4) is 0 Å². The Labute approximate surface area is 142 Å². The van der Waals surface area contributed by atoms with E-state index in [1.54, 1.807) is 0 Å². The van der Waals surface area contributed by atoms with Crippen molar-refractivity contribution in [3.05, 3.63) is 33.8 Å². The van der Waals surface area contributed by atoms with Crippen molar-refractivity contribution in [3.63, 3.8) is 0 Å². The molecule has 0 spiro atoms. The number of hydrogen-bond donors (Lipinski definition) is 2. The van der Waals surface area contributed by atoms with E-state index >= 15 is 0 Å². The Morgan fingerprint density at radius 3 is 2.74 bits per heavy atom. The molecular weight excluding hydrogens is 360 g/mol. The highest BCUT2D eigenvalue weighted by Crippen LogP contribution is 2.42. The first kappa shape index (κ1) is 16.3. The van der Waals surface area contributed by atoms with Crippen molar-refractivity contribution in [1.82, 2.24) is 14.9 Å². The third kappa shape index (κ3) is 3.52. The predicted molar refractivity (Wildman–Crippen MR) is 87.5 cm³/mol. The summed E-state index contributed by atoms with van der Waals surface area (Å²) >= 11 is 7.33. The first-order valence-electron chi connectivity index (χ1n) is 6.78. The number of rotatable bonds is 5. The monoisotopic (exact) mass is 372 g/mol. The van der Waals surface area contributed by atoms with E-state index in [9.17, 15) is 13.2 Å². The number of halogens is 1. The van der Waals surface area contributed by atoms with E-state index in [1.165, 1.54) is 36.6 Å². The van der Waals surface area contributed by atoms with E-state index in [0.29, 0.717) is 11.0 Å². The molecule has 122 valence electrons. The normalized spacial score (nSPS) is 14.7. The van der Waals surface area contributed by atoms with E-state index < -0.39 is 15.9 Å². The van der Waals surface area contributed by atoms with Gasteiger partial charge < -0.3 is 0 Å². The van der Waals surface area contributed by atoms with Gasteiger partial charge in [-0.05, 0) is 38.1 Å². The summed E-state index contributed by atoms with van der Waals surface area (Å²) in [6.07, 6.45) is 2.19. The average molecular weight is 373 g/mol. The topological polar surface area (TPSA) is 101 Å². The molecule has 1 aromatic heterocycles. The van der Waals surface area contributed by atoms with E-state index in [4.69, 9.17) is 11.6 Å². The van der Waals surface area contributed by atoms with Gasteiger partial charge >= 0.3 is 0 Å². The standard InChI is InChI=1S/C13H13ClN4O3S2/c1-15-23(20,21)8-4-5-10(14)9(6-8)11(19)16-13-18-17-12(22-13)7-2-3-7/h4-7,15H,2-3H2,1H3,(H,16,18,19). The zero-order valence-electron chi connectivity index (χ0n) is 12.0.